The molecule has 2 aliphatic carbocycles. The highest BCUT2D eigenvalue weighted by molar-refractivity contribution is 6.31. The average molecular weight is 614 g/mol. The second kappa shape index (κ2) is 11.4. The van der Waals surface area contributed by atoms with Gasteiger partial charge in [0.15, 0.2) is 24.0 Å². The standard InChI is InChI=1S/C31H35NO12/c1-13-29(44-19-8-3-4-9-41-19)16(32)10-20(42-13)43-18-12-31(39,30(37)38)11-15-22(18)28(36)24-23(26(15)34)25(33)14-6-5-7-17(40-2)21(14)27(24)35/h5-7,13,16,18-20,29,34,36,39H,3-4,8-12,32H2,1-2H3,(H,37,38)/t13-,16-,18-,19+,20-,29+,31-/m0/s1. The number of carbonyl (C=O) groups excluding carboxylic acids is 2. The van der Waals surface area contributed by atoms with E-state index < -0.39 is 95.5 Å². The van der Waals surface area contributed by atoms with E-state index in [2.05, 4.69) is 0 Å². The van der Waals surface area contributed by atoms with Crippen molar-refractivity contribution in [2.45, 2.75) is 88.0 Å². The number of phenolic OH excluding ortho intramolecular Hbond substituents is 2. The van der Waals surface area contributed by atoms with Gasteiger partial charge in [-0.3, -0.25) is 9.59 Å². The SMILES string of the molecule is COc1cccc2c1C(=O)c1c(O)c3c(c(O)c1C2=O)C[C@@](O)(C(=O)O)C[C@@H]3O[C@H]1C[C@H](N)[C@H](O[C@@H]2CCCCO2)[C@H](C)O1. The number of ketones is 2. The lowest BCUT2D eigenvalue weighted by Crippen LogP contribution is -2.55. The van der Waals surface area contributed by atoms with Crippen LogP contribution in [0.4, 0.5) is 0 Å². The molecule has 6 rings (SSSR count). The number of benzene rings is 2. The number of ether oxygens (including phenoxy) is 5. The lowest BCUT2D eigenvalue weighted by Gasteiger charge is -2.43. The van der Waals surface area contributed by atoms with Crippen LogP contribution in [0.2, 0.25) is 0 Å². The first kappa shape index (κ1) is 30.4. The van der Waals surface area contributed by atoms with Crippen LogP contribution in [0.25, 0.3) is 0 Å². The predicted octanol–water partition coefficient (Wildman–Crippen LogP) is 2.08. The van der Waals surface area contributed by atoms with Crippen molar-refractivity contribution in [3.05, 3.63) is 51.6 Å². The highest BCUT2D eigenvalue weighted by atomic mass is 16.7. The molecule has 2 aromatic rings. The van der Waals surface area contributed by atoms with Gasteiger partial charge in [0, 0.05) is 48.6 Å². The van der Waals surface area contributed by atoms with Gasteiger partial charge in [0.2, 0.25) is 5.78 Å². The number of carboxylic acids is 1. The fourth-order valence-corrected chi connectivity index (χ4v) is 6.75. The molecule has 236 valence electrons. The van der Waals surface area contributed by atoms with Gasteiger partial charge in [0.1, 0.15) is 23.4 Å². The van der Waals surface area contributed by atoms with E-state index in [9.17, 15) is 34.8 Å². The third kappa shape index (κ3) is 4.93. The van der Waals surface area contributed by atoms with Gasteiger partial charge in [-0.25, -0.2) is 4.79 Å². The molecule has 7 atom stereocenters. The van der Waals surface area contributed by atoms with Crippen LogP contribution in [-0.2, 0) is 30.2 Å². The number of carboxylic acid groups (broad SMARTS) is 1. The Labute approximate surface area is 252 Å². The largest absolute Gasteiger partial charge is 0.507 e. The highest BCUT2D eigenvalue weighted by Gasteiger charge is 2.51. The van der Waals surface area contributed by atoms with Crippen LogP contribution in [0.1, 0.15) is 88.1 Å². The zero-order valence-corrected chi connectivity index (χ0v) is 24.3. The van der Waals surface area contributed by atoms with Crippen LogP contribution in [0.15, 0.2) is 18.2 Å². The molecule has 0 aromatic heterocycles. The molecule has 2 heterocycles. The normalized spacial score (nSPS) is 31.5. The van der Waals surface area contributed by atoms with Crippen molar-refractivity contribution in [3.8, 4) is 17.2 Å². The minimum atomic E-state index is -2.44. The van der Waals surface area contributed by atoms with E-state index in [0.717, 1.165) is 19.3 Å². The smallest absolute Gasteiger partial charge is 0.336 e. The van der Waals surface area contributed by atoms with E-state index in [-0.39, 0.29) is 34.4 Å². The number of carbonyl (C=O) groups is 3. The first-order valence-corrected chi connectivity index (χ1v) is 14.6. The van der Waals surface area contributed by atoms with Crippen molar-refractivity contribution in [2.75, 3.05) is 13.7 Å². The molecule has 0 spiro atoms. The molecule has 0 unspecified atom stereocenters. The predicted molar refractivity (Wildman–Crippen MR) is 150 cm³/mol. The molecule has 0 radical (unpaired) electrons. The molecule has 0 bridgehead atoms. The Hall–Kier alpha value is -3.59. The summed E-state index contributed by atoms with van der Waals surface area (Å²) in [7, 11) is 1.33. The monoisotopic (exact) mass is 613 g/mol. The Bertz CT molecular complexity index is 1510. The molecule has 2 aromatic carbocycles. The summed E-state index contributed by atoms with van der Waals surface area (Å²) in [5, 5.41) is 44.1. The Balaban J connectivity index is 1.37. The van der Waals surface area contributed by atoms with Gasteiger partial charge in [-0.2, -0.15) is 0 Å². The molecular formula is C31H35NO12. The van der Waals surface area contributed by atoms with Gasteiger partial charge < -0.3 is 49.8 Å². The topological polar surface area (TPSA) is 204 Å². The van der Waals surface area contributed by atoms with Gasteiger partial charge in [0.05, 0.1) is 36.0 Å². The van der Waals surface area contributed by atoms with Crippen molar-refractivity contribution in [1.82, 2.24) is 0 Å². The number of aliphatic hydroxyl groups is 1. The van der Waals surface area contributed by atoms with Crippen molar-refractivity contribution in [2.24, 2.45) is 5.73 Å². The zero-order valence-electron chi connectivity index (χ0n) is 24.3. The van der Waals surface area contributed by atoms with Crippen molar-refractivity contribution < 1.29 is 58.5 Å². The van der Waals surface area contributed by atoms with E-state index in [1.165, 1.54) is 25.3 Å². The Morgan fingerprint density at radius 3 is 2.45 bits per heavy atom. The van der Waals surface area contributed by atoms with E-state index in [1.807, 2.05) is 0 Å². The Kier molecular flexibility index (Phi) is 7.89. The summed E-state index contributed by atoms with van der Waals surface area (Å²) in [6.45, 7) is 2.34. The molecule has 13 nitrogen and oxygen atoms in total. The summed E-state index contributed by atoms with van der Waals surface area (Å²) in [4.78, 5) is 39.6. The molecule has 2 aliphatic heterocycles. The lowest BCUT2D eigenvalue weighted by atomic mass is 9.73. The maximum atomic E-state index is 13.8. The Morgan fingerprint density at radius 1 is 1.05 bits per heavy atom. The van der Waals surface area contributed by atoms with Crippen LogP contribution < -0.4 is 10.5 Å². The molecular weight excluding hydrogens is 578 g/mol. The number of rotatable bonds is 6. The quantitative estimate of drug-likeness (QED) is 0.253. The Morgan fingerprint density at radius 2 is 1.80 bits per heavy atom. The highest BCUT2D eigenvalue weighted by Crippen LogP contribution is 2.52. The summed E-state index contributed by atoms with van der Waals surface area (Å²) >= 11 is 0. The molecule has 44 heavy (non-hydrogen) atoms. The first-order chi connectivity index (χ1) is 20.9. The van der Waals surface area contributed by atoms with Crippen molar-refractivity contribution >= 4 is 17.5 Å². The van der Waals surface area contributed by atoms with Gasteiger partial charge in [-0.1, -0.05) is 12.1 Å². The first-order valence-electron chi connectivity index (χ1n) is 14.6. The summed E-state index contributed by atoms with van der Waals surface area (Å²) < 4.78 is 29.3. The van der Waals surface area contributed by atoms with E-state index in [4.69, 9.17) is 29.4 Å². The van der Waals surface area contributed by atoms with E-state index >= 15 is 0 Å². The lowest BCUT2D eigenvalue weighted by molar-refractivity contribution is -0.281. The van der Waals surface area contributed by atoms with Gasteiger partial charge >= 0.3 is 5.97 Å². The van der Waals surface area contributed by atoms with Gasteiger partial charge in [-0.15, -0.1) is 0 Å². The molecule has 13 heteroatoms. The van der Waals surface area contributed by atoms with Crippen LogP contribution in [-0.4, -0.2) is 88.1 Å². The third-order valence-electron chi connectivity index (χ3n) is 8.95. The van der Waals surface area contributed by atoms with Gasteiger partial charge in [-0.05, 0) is 32.3 Å². The minimum absolute atomic E-state index is 0.0532. The molecule has 4 aliphatic rings. The van der Waals surface area contributed by atoms with Crippen molar-refractivity contribution in [1.29, 1.82) is 0 Å². The van der Waals surface area contributed by atoms with E-state index in [1.54, 1.807) is 6.92 Å². The third-order valence-corrected chi connectivity index (χ3v) is 8.95. The van der Waals surface area contributed by atoms with E-state index in [0.29, 0.717) is 6.61 Å². The molecule has 6 N–H and O–H groups in total. The number of phenols is 2. The molecule has 0 saturated carbocycles. The number of hydrogen-bond donors (Lipinski definition) is 5. The fraction of sp³-hybridized carbons (Fsp3) is 0.516. The van der Waals surface area contributed by atoms with Crippen LogP contribution >= 0.6 is 0 Å². The number of fused-ring (bicyclic) bond motifs is 3. The van der Waals surface area contributed by atoms with Gasteiger partial charge in [0.25, 0.3) is 0 Å². The fourth-order valence-electron chi connectivity index (χ4n) is 6.75. The van der Waals surface area contributed by atoms with Crippen molar-refractivity contribution in [3.63, 3.8) is 0 Å². The second-order valence-corrected chi connectivity index (χ2v) is 11.8. The molecule has 2 fully saturated rings. The summed E-state index contributed by atoms with van der Waals surface area (Å²) in [5.41, 5.74) is 2.59. The van der Waals surface area contributed by atoms with Crippen LogP contribution in [0.3, 0.4) is 0 Å². The summed E-state index contributed by atoms with van der Waals surface area (Å²) in [6, 6.07) is 3.82. The number of aromatic hydroxyl groups is 2. The zero-order chi connectivity index (χ0) is 31.5. The number of hydrogen-bond acceptors (Lipinski definition) is 12. The molecule has 2 saturated heterocycles. The number of nitrogens with two attached hydrogens (primary N) is 1. The number of aliphatic carboxylic acids is 1. The van der Waals surface area contributed by atoms with Crippen LogP contribution in [0, 0.1) is 0 Å². The second-order valence-electron chi connectivity index (χ2n) is 11.8. The molecule has 0 amide bonds. The maximum absolute atomic E-state index is 13.8. The summed E-state index contributed by atoms with van der Waals surface area (Å²) in [5.74, 6) is -4.41. The minimum Gasteiger partial charge on any atom is -0.507 e. The van der Waals surface area contributed by atoms with Crippen LogP contribution in [0.5, 0.6) is 17.2 Å². The maximum Gasteiger partial charge on any atom is 0.336 e. The average Bonchev–Trinajstić information content (AvgIpc) is 2.99. The summed E-state index contributed by atoms with van der Waals surface area (Å²) in [6.07, 6.45) is -2.35. The number of methoxy groups -OCH3 is 1.